The lowest BCUT2D eigenvalue weighted by molar-refractivity contribution is 1.20. The molecule has 0 fully saturated rings. The average molecular weight is 197 g/mol. The first-order valence-electron chi connectivity index (χ1n) is 4.87. The second kappa shape index (κ2) is 2.73. The van der Waals surface area contributed by atoms with Gasteiger partial charge in [-0.05, 0) is 25.1 Å². The zero-order valence-corrected chi connectivity index (χ0v) is 8.46. The fourth-order valence-electron chi connectivity index (χ4n) is 1.84. The molecule has 3 rings (SSSR count). The first-order valence-corrected chi connectivity index (χ1v) is 4.87. The number of hydrogen-bond donors (Lipinski definition) is 2. The van der Waals surface area contributed by atoms with Gasteiger partial charge < -0.3 is 10.3 Å². The number of nitrogens with one attached hydrogen (secondary N) is 2. The Balaban J connectivity index is 2.31. The standard InChI is InChI=1S/C12H11N3/c1-7-3-4-10-9(5-7)6-11-12(15-10)14-8(2)13-11/h3-6,13H,2H2,1H3,(H,14,15). The number of H-pyrrole nitrogens is 1. The Bertz CT molecular complexity index is 637. The van der Waals surface area contributed by atoms with Gasteiger partial charge in [0, 0.05) is 11.3 Å². The largest absolute Gasteiger partial charge is 0.338 e. The summed E-state index contributed by atoms with van der Waals surface area (Å²) in [5.41, 5.74) is 4.23. The Morgan fingerprint density at radius 1 is 1.33 bits per heavy atom. The summed E-state index contributed by atoms with van der Waals surface area (Å²) in [4.78, 5) is 7.38. The summed E-state index contributed by atoms with van der Waals surface area (Å²) in [7, 11) is 0. The van der Waals surface area contributed by atoms with Crippen molar-refractivity contribution in [3.63, 3.8) is 0 Å². The summed E-state index contributed by atoms with van der Waals surface area (Å²) in [6, 6.07) is 6.30. The number of hydrogen-bond acceptors (Lipinski definition) is 2. The molecule has 15 heavy (non-hydrogen) atoms. The van der Waals surface area contributed by atoms with Gasteiger partial charge in [0.25, 0.3) is 0 Å². The van der Waals surface area contributed by atoms with E-state index in [1.807, 2.05) is 0 Å². The van der Waals surface area contributed by atoms with E-state index >= 15 is 0 Å². The van der Waals surface area contributed by atoms with Gasteiger partial charge in [0.2, 0.25) is 0 Å². The van der Waals surface area contributed by atoms with E-state index in [-0.39, 0.29) is 0 Å². The number of nitrogens with zero attached hydrogens (tertiary/aromatic N) is 1. The summed E-state index contributed by atoms with van der Waals surface area (Å²) in [6.07, 6.45) is 2.09. The summed E-state index contributed by atoms with van der Waals surface area (Å²) >= 11 is 0. The van der Waals surface area contributed by atoms with Gasteiger partial charge >= 0.3 is 0 Å². The van der Waals surface area contributed by atoms with E-state index in [2.05, 4.69) is 53.1 Å². The molecule has 0 amide bonds. The monoisotopic (exact) mass is 197 g/mol. The molecule has 2 N–H and O–H groups in total. The van der Waals surface area contributed by atoms with Gasteiger partial charge in [-0.1, -0.05) is 18.2 Å². The molecule has 1 aliphatic rings. The molecule has 0 aliphatic carbocycles. The van der Waals surface area contributed by atoms with Gasteiger partial charge in [-0.2, -0.15) is 0 Å². The molecule has 0 spiro atoms. The summed E-state index contributed by atoms with van der Waals surface area (Å²) in [5.74, 6) is 0.858. The molecule has 1 aliphatic heterocycles. The van der Waals surface area contributed by atoms with Gasteiger partial charge in [0.15, 0.2) is 5.82 Å². The number of rotatable bonds is 0. The van der Waals surface area contributed by atoms with Crippen LogP contribution in [0.25, 0.3) is 12.7 Å². The summed E-state index contributed by atoms with van der Waals surface area (Å²) < 4.78 is 0. The smallest absolute Gasteiger partial charge is 0.156 e. The zero-order valence-electron chi connectivity index (χ0n) is 8.46. The van der Waals surface area contributed by atoms with E-state index in [1.165, 1.54) is 11.1 Å². The Morgan fingerprint density at radius 3 is 3.07 bits per heavy atom. The first-order chi connectivity index (χ1) is 7.22. The van der Waals surface area contributed by atoms with Gasteiger partial charge in [0.05, 0.1) is 5.35 Å². The highest BCUT2D eigenvalue weighted by atomic mass is 15.1. The number of anilines is 2. The number of fused-ring (bicyclic) bond motifs is 2. The van der Waals surface area contributed by atoms with Crippen molar-refractivity contribution in [3.8, 4) is 0 Å². The van der Waals surface area contributed by atoms with Gasteiger partial charge in [-0.3, -0.25) is 0 Å². The van der Waals surface area contributed by atoms with Gasteiger partial charge in [0.1, 0.15) is 5.48 Å². The molecule has 1 aromatic heterocycles. The lowest BCUT2D eigenvalue weighted by atomic mass is 10.1. The number of aromatic amines is 1. The molecule has 0 saturated carbocycles. The van der Waals surface area contributed by atoms with Crippen molar-refractivity contribution in [2.75, 3.05) is 5.32 Å². The van der Waals surface area contributed by atoms with Crippen LogP contribution < -0.4 is 16.1 Å². The second-order valence-electron chi connectivity index (χ2n) is 3.81. The maximum atomic E-state index is 4.26. The summed E-state index contributed by atoms with van der Waals surface area (Å²) in [6.45, 7) is 5.87. The third-order valence-electron chi connectivity index (χ3n) is 2.54. The van der Waals surface area contributed by atoms with Crippen LogP contribution in [-0.4, -0.2) is 9.97 Å². The van der Waals surface area contributed by atoms with E-state index in [0.29, 0.717) is 5.48 Å². The lowest BCUT2D eigenvalue weighted by Gasteiger charge is -2.12. The quantitative estimate of drug-likeness (QED) is 0.565. The van der Waals surface area contributed by atoms with Crippen molar-refractivity contribution < 1.29 is 0 Å². The zero-order chi connectivity index (χ0) is 10.4. The molecular weight excluding hydrogens is 186 g/mol. The highest BCUT2D eigenvalue weighted by molar-refractivity contribution is 5.76. The number of benzene rings is 1. The molecule has 2 heterocycles. The van der Waals surface area contributed by atoms with Crippen molar-refractivity contribution >= 4 is 24.2 Å². The fraction of sp³-hybridized carbons (Fsp3) is 0.0833. The van der Waals surface area contributed by atoms with E-state index in [4.69, 9.17) is 0 Å². The van der Waals surface area contributed by atoms with Crippen LogP contribution in [0.1, 0.15) is 11.1 Å². The minimum Gasteiger partial charge on any atom is -0.338 e. The number of aryl methyl sites for hydroxylation is 1. The van der Waals surface area contributed by atoms with Crippen LogP contribution in [-0.2, 0) is 0 Å². The Hall–Kier alpha value is -2.03. The lowest BCUT2D eigenvalue weighted by Crippen LogP contribution is -2.14. The van der Waals surface area contributed by atoms with Crippen LogP contribution in [0.15, 0.2) is 18.2 Å². The van der Waals surface area contributed by atoms with E-state index in [0.717, 1.165) is 16.9 Å². The maximum Gasteiger partial charge on any atom is 0.156 e. The first kappa shape index (κ1) is 8.29. The molecule has 0 unspecified atom stereocenters. The maximum absolute atomic E-state index is 4.26. The van der Waals surface area contributed by atoms with Crippen LogP contribution in [0.3, 0.4) is 0 Å². The van der Waals surface area contributed by atoms with Crippen molar-refractivity contribution in [2.45, 2.75) is 6.92 Å². The molecule has 0 saturated heterocycles. The van der Waals surface area contributed by atoms with Crippen molar-refractivity contribution in [2.24, 2.45) is 0 Å². The minimum absolute atomic E-state index is 0.688. The predicted molar refractivity (Wildman–Crippen MR) is 61.4 cm³/mol. The van der Waals surface area contributed by atoms with Crippen LogP contribution in [0.4, 0.5) is 11.5 Å². The topological polar surface area (TPSA) is 40.7 Å². The number of imidazole rings is 1. The highest BCUT2D eigenvalue weighted by Crippen LogP contribution is 2.22. The fourth-order valence-corrected chi connectivity index (χ4v) is 1.84. The minimum atomic E-state index is 0.688. The molecular formula is C12H11N3. The molecule has 2 aromatic rings. The number of aromatic nitrogens is 2. The third kappa shape index (κ3) is 1.24. The molecule has 0 radical (unpaired) electrons. The van der Waals surface area contributed by atoms with Gasteiger partial charge in [-0.25, -0.2) is 4.98 Å². The molecule has 1 aromatic carbocycles. The van der Waals surface area contributed by atoms with E-state index in [9.17, 15) is 0 Å². The van der Waals surface area contributed by atoms with Crippen molar-refractivity contribution in [3.05, 3.63) is 40.2 Å². The van der Waals surface area contributed by atoms with Crippen LogP contribution in [0, 0.1) is 6.92 Å². The average Bonchev–Trinajstić information content (AvgIpc) is 2.53. The van der Waals surface area contributed by atoms with E-state index < -0.39 is 0 Å². The highest BCUT2D eigenvalue weighted by Gasteiger charge is 2.09. The second-order valence-corrected chi connectivity index (χ2v) is 3.81. The Morgan fingerprint density at radius 2 is 2.20 bits per heavy atom. The predicted octanol–water partition coefficient (Wildman–Crippen LogP) is 1.01. The van der Waals surface area contributed by atoms with Crippen LogP contribution in [0.5, 0.6) is 0 Å². The van der Waals surface area contributed by atoms with Crippen LogP contribution >= 0.6 is 0 Å². The van der Waals surface area contributed by atoms with Crippen molar-refractivity contribution in [1.82, 2.24) is 9.97 Å². The third-order valence-corrected chi connectivity index (χ3v) is 2.54. The van der Waals surface area contributed by atoms with Crippen molar-refractivity contribution in [1.29, 1.82) is 0 Å². The SMILES string of the molecule is C=c1nc2c([nH]1)=Cc1cc(C)ccc1N2. The molecule has 0 bridgehead atoms. The molecule has 74 valence electrons. The summed E-state index contributed by atoms with van der Waals surface area (Å²) in [5, 5.41) is 4.27. The molecule has 0 atom stereocenters. The van der Waals surface area contributed by atoms with E-state index in [1.54, 1.807) is 0 Å². The molecule has 3 nitrogen and oxygen atoms in total. The Labute approximate surface area is 87.2 Å². The Kier molecular flexibility index (Phi) is 1.51. The normalized spacial score (nSPS) is 12.3. The molecule has 3 heteroatoms. The van der Waals surface area contributed by atoms with Gasteiger partial charge in [-0.15, -0.1) is 0 Å². The van der Waals surface area contributed by atoms with Crippen LogP contribution in [0.2, 0.25) is 0 Å².